The maximum Gasteiger partial charge on any atom is 0.138 e. The highest BCUT2D eigenvalue weighted by molar-refractivity contribution is 5.91. The third kappa shape index (κ3) is 2.35. The normalized spacial score (nSPS) is 15.4. The van der Waals surface area contributed by atoms with E-state index in [-0.39, 0.29) is 0 Å². The molecule has 22 heavy (non-hydrogen) atoms. The molecule has 0 radical (unpaired) electrons. The summed E-state index contributed by atoms with van der Waals surface area (Å²) in [5.74, 6) is 0.946. The van der Waals surface area contributed by atoms with Gasteiger partial charge in [0, 0.05) is 31.7 Å². The number of rotatable bonds is 2. The number of imidazole rings is 1. The summed E-state index contributed by atoms with van der Waals surface area (Å²) in [5.41, 5.74) is 5.80. The Morgan fingerprint density at radius 3 is 2.68 bits per heavy atom. The molecule has 0 bridgehead atoms. The highest BCUT2D eigenvalue weighted by atomic mass is 15.2. The van der Waals surface area contributed by atoms with E-state index in [1.807, 2.05) is 0 Å². The Morgan fingerprint density at radius 2 is 1.86 bits per heavy atom. The monoisotopic (exact) mass is 292 g/mol. The Morgan fingerprint density at radius 1 is 1.05 bits per heavy atom. The fraction of sp³-hybridized carbons (Fsp3) is 0.278. The second-order valence-electron chi connectivity index (χ2n) is 5.87. The molecule has 4 rings (SSSR count). The number of para-hydroxylation sites is 1. The summed E-state index contributed by atoms with van der Waals surface area (Å²) in [6.45, 7) is 6.24. The number of nitrogens with zero attached hydrogens (tertiary/aromatic N) is 2. The van der Waals surface area contributed by atoms with E-state index in [1.54, 1.807) is 0 Å². The van der Waals surface area contributed by atoms with Gasteiger partial charge in [-0.2, -0.15) is 0 Å². The standard InChI is InChI=1S/C18H20N4/c1-13-4-2-5-14(12-13)18-20-15-6-3-7-16(17(15)21-18)22-10-8-19-9-11-22/h2-7,12,19H,8-11H2,1H3,(H,20,21). The van der Waals surface area contributed by atoms with Crippen LogP contribution in [0.3, 0.4) is 0 Å². The molecule has 3 aromatic rings. The number of anilines is 1. The smallest absolute Gasteiger partial charge is 0.138 e. The largest absolute Gasteiger partial charge is 0.367 e. The van der Waals surface area contributed by atoms with Gasteiger partial charge >= 0.3 is 0 Å². The molecule has 1 fully saturated rings. The van der Waals surface area contributed by atoms with E-state index in [2.05, 4.69) is 64.6 Å². The maximum atomic E-state index is 4.88. The molecule has 0 amide bonds. The van der Waals surface area contributed by atoms with Crippen molar-refractivity contribution in [2.45, 2.75) is 6.92 Å². The lowest BCUT2D eigenvalue weighted by molar-refractivity contribution is 0.590. The van der Waals surface area contributed by atoms with Crippen LogP contribution < -0.4 is 10.2 Å². The zero-order valence-electron chi connectivity index (χ0n) is 12.8. The topological polar surface area (TPSA) is 44.0 Å². The molecule has 2 heterocycles. The predicted octanol–water partition coefficient (Wildman–Crippen LogP) is 2.95. The molecule has 0 spiro atoms. The lowest BCUT2D eigenvalue weighted by atomic mass is 10.1. The minimum atomic E-state index is 0.946. The van der Waals surface area contributed by atoms with E-state index < -0.39 is 0 Å². The summed E-state index contributed by atoms with van der Waals surface area (Å²) < 4.78 is 0. The Hall–Kier alpha value is -2.33. The van der Waals surface area contributed by atoms with Crippen molar-refractivity contribution in [2.75, 3.05) is 31.1 Å². The van der Waals surface area contributed by atoms with Crippen molar-refractivity contribution >= 4 is 16.7 Å². The summed E-state index contributed by atoms with van der Waals surface area (Å²) in [6, 6.07) is 14.9. The molecule has 2 aromatic carbocycles. The van der Waals surface area contributed by atoms with E-state index in [1.165, 1.54) is 11.3 Å². The number of benzene rings is 2. The number of aryl methyl sites for hydroxylation is 1. The quantitative estimate of drug-likeness (QED) is 0.763. The summed E-state index contributed by atoms with van der Waals surface area (Å²) in [6.07, 6.45) is 0. The van der Waals surface area contributed by atoms with Gasteiger partial charge in [0.25, 0.3) is 0 Å². The Balaban J connectivity index is 1.80. The summed E-state index contributed by atoms with van der Waals surface area (Å²) in [4.78, 5) is 10.8. The van der Waals surface area contributed by atoms with E-state index >= 15 is 0 Å². The molecular weight excluding hydrogens is 272 g/mol. The molecule has 2 N–H and O–H groups in total. The molecule has 4 heteroatoms. The number of hydrogen-bond acceptors (Lipinski definition) is 3. The van der Waals surface area contributed by atoms with Crippen LogP contribution in [-0.2, 0) is 0 Å². The van der Waals surface area contributed by atoms with Gasteiger partial charge in [-0.3, -0.25) is 0 Å². The van der Waals surface area contributed by atoms with E-state index in [4.69, 9.17) is 4.98 Å². The van der Waals surface area contributed by atoms with Gasteiger partial charge in [-0.15, -0.1) is 0 Å². The van der Waals surface area contributed by atoms with Crippen LogP contribution in [0.25, 0.3) is 22.4 Å². The minimum absolute atomic E-state index is 0.946. The summed E-state index contributed by atoms with van der Waals surface area (Å²) in [7, 11) is 0. The summed E-state index contributed by atoms with van der Waals surface area (Å²) in [5, 5.41) is 3.40. The number of nitrogens with one attached hydrogen (secondary N) is 2. The van der Waals surface area contributed by atoms with Crippen molar-refractivity contribution in [3.63, 3.8) is 0 Å². The molecule has 0 unspecified atom stereocenters. The van der Waals surface area contributed by atoms with Gasteiger partial charge in [-0.05, 0) is 25.1 Å². The zero-order chi connectivity index (χ0) is 14.9. The van der Waals surface area contributed by atoms with Crippen LogP contribution in [0.2, 0.25) is 0 Å². The van der Waals surface area contributed by atoms with Gasteiger partial charge in [0.2, 0.25) is 0 Å². The predicted molar refractivity (Wildman–Crippen MR) is 91.3 cm³/mol. The molecule has 112 valence electrons. The molecule has 0 saturated carbocycles. The molecule has 1 aliphatic rings. The first-order chi connectivity index (χ1) is 10.8. The molecule has 1 aliphatic heterocycles. The number of piperazine rings is 1. The van der Waals surface area contributed by atoms with E-state index in [0.29, 0.717) is 0 Å². The van der Waals surface area contributed by atoms with Crippen LogP contribution >= 0.6 is 0 Å². The molecule has 0 aliphatic carbocycles. The number of aromatic nitrogens is 2. The van der Waals surface area contributed by atoms with E-state index in [0.717, 1.165) is 48.6 Å². The van der Waals surface area contributed by atoms with Crippen LogP contribution in [0, 0.1) is 6.92 Å². The third-order valence-electron chi connectivity index (χ3n) is 4.24. The van der Waals surface area contributed by atoms with Crippen molar-refractivity contribution < 1.29 is 0 Å². The van der Waals surface area contributed by atoms with Gasteiger partial charge in [0.1, 0.15) is 11.3 Å². The van der Waals surface area contributed by atoms with Crippen molar-refractivity contribution in [2.24, 2.45) is 0 Å². The maximum absolute atomic E-state index is 4.88. The average Bonchev–Trinajstić information content (AvgIpc) is 3.00. The first kappa shape index (κ1) is 13.3. The van der Waals surface area contributed by atoms with Crippen LogP contribution in [-0.4, -0.2) is 36.1 Å². The lowest BCUT2D eigenvalue weighted by Gasteiger charge is -2.29. The molecule has 1 aromatic heterocycles. The molecule has 1 saturated heterocycles. The van der Waals surface area contributed by atoms with Crippen molar-refractivity contribution in [3.05, 3.63) is 48.0 Å². The third-order valence-corrected chi connectivity index (χ3v) is 4.24. The average molecular weight is 292 g/mol. The SMILES string of the molecule is Cc1cccc(-c2nc3c(N4CCNCC4)cccc3[nH]2)c1. The van der Waals surface area contributed by atoms with E-state index in [9.17, 15) is 0 Å². The Kier molecular flexibility index (Phi) is 3.31. The van der Waals surface area contributed by atoms with Crippen molar-refractivity contribution in [3.8, 4) is 11.4 Å². The van der Waals surface area contributed by atoms with Gasteiger partial charge < -0.3 is 15.2 Å². The fourth-order valence-corrected chi connectivity index (χ4v) is 3.11. The Bertz CT molecular complexity index is 800. The number of H-pyrrole nitrogens is 1. The molecule has 0 atom stereocenters. The second-order valence-corrected chi connectivity index (χ2v) is 5.87. The van der Waals surface area contributed by atoms with Gasteiger partial charge in [-0.25, -0.2) is 4.98 Å². The minimum Gasteiger partial charge on any atom is -0.367 e. The first-order valence-corrected chi connectivity index (χ1v) is 7.83. The number of fused-ring (bicyclic) bond motifs is 1. The van der Waals surface area contributed by atoms with Crippen LogP contribution in [0.5, 0.6) is 0 Å². The molecular formula is C18H20N4. The fourth-order valence-electron chi connectivity index (χ4n) is 3.11. The van der Waals surface area contributed by atoms with Gasteiger partial charge in [-0.1, -0.05) is 29.8 Å². The van der Waals surface area contributed by atoms with Crippen LogP contribution in [0.1, 0.15) is 5.56 Å². The van der Waals surface area contributed by atoms with Gasteiger partial charge in [0.15, 0.2) is 0 Å². The van der Waals surface area contributed by atoms with Crippen molar-refractivity contribution in [1.29, 1.82) is 0 Å². The van der Waals surface area contributed by atoms with Gasteiger partial charge in [0.05, 0.1) is 11.2 Å². The highest BCUT2D eigenvalue weighted by Gasteiger charge is 2.16. The summed E-state index contributed by atoms with van der Waals surface area (Å²) >= 11 is 0. The first-order valence-electron chi connectivity index (χ1n) is 7.83. The lowest BCUT2D eigenvalue weighted by Crippen LogP contribution is -2.43. The van der Waals surface area contributed by atoms with Crippen molar-refractivity contribution in [1.82, 2.24) is 15.3 Å². The number of hydrogen-bond donors (Lipinski definition) is 2. The van der Waals surface area contributed by atoms with Crippen LogP contribution in [0.15, 0.2) is 42.5 Å². The Labute approximate surface area is 130 Å². The number of aromatic amines is 1. The zero-order valence-corrected chi connectivity index (χ0v) is 12.8. The van der Waals surface area contributed by atoms with Crippen LogP contribution in [0.4, 0.5) is 5.69 Å². The highest BCUT2D eigenvalue weighted by Crippen LogP contribution is 2.28. The molecule has 4 nitrogen and oxygen atoms in total. The second kappa shape index (κ2) is 5.46.